The molecule has 0 aromatic heterocycles. The Hall–Kier alpha value is -1.91. The smallest absolute Gasteiger partial charge is 0.309 e. The van der Waals surface area contributed by atoms with E-state index in [1.165, 1.54) is 12.1 Å². The van der Waals surface area contributed by atoms with Crippen molar-refractivity contribution < 1.29 is 14.8 Å². The first-order valence-corrected chi connectivity index (χ1v) is 5.86. The van der Waals surface area contributed by atoms with Crippen LogP contribution in [-0.4, -0.2) is 16.0 Å². The normalized spacial score (nSPS) is 13.9. The molecule has 0 aliphatic heterocycles. The molecule has 18 heavy (non-hydrogen) atoms. The molecule has 0 spiro atoms. The van der Waals surface area contributed by atoms with E-state index in [-0.39, 0.29) is 5.69 Å². The van der Waals surface area contributed by atoms with E-state index in [4.69, 9.17) is 5.11 Å². The Morgan fingerprint density at radius 2 is 1.94 bits per heavy atom. The van der Waals surface area contributed by atoms with Crippen molar-refractivity contribution in [1.82, 2.24) is 0 Å². The van der Waals surface area contributed by atoms with Crippen molar-refractivity contribution in [1.29, 1.82) is 0 Å². The highest BCUT2D eigenvalue weighted by Gasteiger charge is 2.30. The van der Waals surface area contributed by atoms with Crippen molar-refractivity contribution in [3.8, 4) is 0 Å². The third kappa shape index (κ3) is 3.29. The second-order valence-corrected chi connectivity index (χ2v) is 4.64. The summed E-state index contributed by atoms with van der Waals surface area (Å²) in [6.07, 6.45) is 1.70. The molecule has 1 rings (SSSR count). The Bertz CT molecular complexity index is 441. The van der Waals surface area contributed by atoms with Crippen LogP contribution in [0.15, 0.2) is 24.3 Å². The summed E-state index contributed by atoms with van der Waals surface area (Å²) in [4.78, 5) is 21.2. The predicted octanol–water partition coefficient (Wildman–Crippen LogP) is 3.03. The van der Waals surface area contributed by atoms with Gasteiger partial charge in [0.2, 0.25) is 0 Å². The van der Waals surface area contributed by atoms with E-state index >= 15 is 0 Å². The summed E-state index contributed by atoms with van der Waals surface area (Å²) in [6.45, 7) is 3.57. The van der Waals surface area contributed by atoms with Gasteiger partial charge in [-0.15, -0.1) is 0 Å². The van der Waals surface area contributed by atoms with Crippen LogP contribution in [0.2, 0.25) is 0 Å². The fourth-order valence-corrected chi connectivity index (χ4v) is 1.64. The lowest BCUT2D eigenvalue weighted by Crippen LogP contribution is -2.27. The second kappa shape index (κ2) is 5.62. The second-order valence-electron chi connectivity index (χ2n) is 4.64. The van der Waals surface area contributed by atoms with Crippen molar-refractivity contribution in [3.05, 3.63) is 39.9 Å². The molecule has 0 aliphatic carbocycles. The summed E-state index contributed by atoms with van der Waals surface area (Å²) in [5.74, 6) is -0.799. The molecule has 1 N–H and O–H groups in total. The van der Waals surface area contributed by atoms with Gasteiger partial charge in [0, 0.05) is 12.1 Å². The highest BCUT2D eigenvalue weighted by Crippen LogP contribution is 2.28. The third-order valence-corrected chi connectivity index (χ3v) is 3.41. The van der Waals surface area contributed by atoms with E-state index in [2.05, 4.69) is 0 Å². The minimum Gasteiger partial charge on any atom is -0.481 e. The molecule has 1 aromatic rings. The van der Waals surface area contributed by atoms with Gasteiger partial charge in [-0.3, -0.25) is 14.9 Å². The monoisotopic (exact) mass is 251 g/mol. The Morgan fingerprint density at radius 3 is 2.33 bits per heavy atom. The zero-order chi connectivity index (χ0) is 13.8. The van der Waals surface area contributed by atoms with Crippen LogP contribution in [0.5, 0.6) is 0 Å². The van der Waals surface area contributed by atoms with Gasteiger partial charge < -0.3 is 5.11 Å². The molecular weight excluding hydrogens is 234 g/mol. The quantitative estimate of drug-likeness (QED) is 0.622. The van der Waals surface area contributed by atoms with Crippen molar-refractivity contribution in [3.63, 3.8) is 0 Å². The van der Waals surface area contributed by atoms with Gasteiger partial charge in [-0.2, -0.15) is 0 Å². The zero-order valence-corrected chi connectivity index (χ0v) is 10.5. The van der Waals surface area contributed by atoms with Crippen LogP contribution < -0.4 is 0 Å². The Labute approximate surface area is 106 Å². The first kappa shape index (κ1) is 14.2. The molecule has 98 valence electrons. The van der Waals surface area contributed by atoms with Crippen LogP contribution in [0.4, 0.5) is 5.69 Å². The lowest BCUT2D eigenvalue weighted by Gasteiger charge is -2.22. The van der Waals surface area contributed by atoms with Crippen molar-refractivity contribution in [2.45, 2.75) is 33.1 Å². The van der Waals surface area contributed by atoms with Gasteiger partial charge in [0.25, 0.3) is 5.69 Å². The van der Waals surface area contributed by atoms with Crippen LogP contribution in [0.1, 0.15) is 32.3 Å². The average Bonchev–Trinajstić information content (AvgIpc) is 2.36. The summed E-state index contributed by atoms with van der Waals surface area (Å²) in [7, 11) is 0. The zero-order valence-electron chi connectivity index (χ0n) is 10.5. The topological polar surface area (TPSA) is 80.4 Å². The molecule has 0 amide bonds. The molecule has 0 saturated carbocycles. The summed E-state index contributed by atoms with van der Waals surface area (Å²) >= 11 is 0. The van der Waals surface area contributed by atoms with Crippen LogP contribution in [0.25, 0.3) is 0 Å². The standard InChI is InChI=1S/C13H17NO4/c1-3-13(2,12(15)16)9-8-10-4-6-11(7-5-10)14(17)18/h4-7H,3,8-9H2,1-2H3,(H,15,16). The summed E-state index contributed by atoms with van der Waals surface area (Å²) in [6, 6.07) is 6.24. The SMILES string of the molecule is CCC(C)(CCc1ccc([N+](=O)[O-])cc1)C(=O)O. The van der Waals surface area contributed by atoms with Crippen LogP contribution in [0, 0.1) is 15.5 Å². The average molecular weight is 251 g/mol. The molecule has 1 aromatic carbocycles. The molecule has 0 bridgehead atoms. The first-order chi connectivity index (χ1) is 8.39. The maximum absolute atomic E-state index is 11.1. The van der Waals surface area contributed by atoms with Gasteiger partial charge in [0.15, 0.2) is 0 Å². The number of carbonyl (C=O) groups is 1. The number of hydrogen-bond acceptors (Lipinski definition) is 3. The number of carboxylic acids is 1. The van der Waals surface area contributed by atoms with Crippen molar-refractivity contribution in [2.24, 2.45) is 5.41 Å². The highest BCUT2D eigenvalue weighted by molar-refractivity contribution is 5.74. The first-order valence-electron chi connectivity index (χ1n) is 5.86. The Balaban J connectivity index is 2.69. The van der Waals surface area contributed by atoms with Crippen molar-refractivity contribution >= 4 is 11.7 Å². The molecule has 1 atom stereocenters. The number of rotatable bonds is 6. The van der Waals surface area contributed by atoms with E-state index in [0.29, 0.717) is 19.3 Å². The number of hydrogen-bond donors (Lipinski definition) is 1. The molecule has 0 saturated heterocycles. The summed E-state index contributed by atoms with van der Waals surface area (Å²) in [5, 5.41) is 19.6. The van der Waals surface area contributed by atoms with Gasteiger partial charge in [0.1, 0.15) is 0 Å². The molecule has 0 fully saturated rings. The minimum absolute atomic E-state index is 0.0511. The van der Waals surface area contributed by atoms with E-state index < -0.39 is 16.3 Å². The fraction of sp³-hybridized carbons (Fsp3) is 0.462. The van der Waals surface area contributed by atoms with Gasteiger partial charge >= 0.3 is 5.97 Å². The Morgan fingerprint density at radius 1 is 1.39 bits per heavy atom. The van der Waals surface area contributed by atoms with Crippen LogP contribution in [-0.2, 0) is 11.2 Å². The molecule has 5 nitrogen and oxygen atoms in total. The number of nitro benzene ring substituents is 1. The highest BCUT2D eigenvalue weighted by atomic mass is 16.6. The van der Waals surface area contributed by atoms with E-state index in [0.717, 1.165) is 5.56 Å². The molecule has 0 radical (unpaired) electrons. The molecular formula is C13H17NO4. The summed E-state index contributed by atoms with van der Waals surface area (Å²) < 4.78 is 0. The number of nitrogens with zero attached hydrogens (tertiary/aromatic N) is 1. The van der Waals surface area contributed by atoms with Gasteiger partial charge in [0.05, 0.1) is 10.3 Å². The van der Waals surface area contributed by atoms with Crippen molar-refractivity contribution in [2.75, 3.05) is 0 Å². The molecule has 5 heteroatoms. The van der Waals surface area contributed by atoms with E-state index in [1.807, 2.05) is 6.92 Å². The van der Waals surface area contributed by atoms with E-state index in [1.54, 1.807) is 19.1 Å². The number of carboxylic acid groups (broad SMARTS) is 1. The maximum Gasteiger partial charge on any atom is 0.309 e. The number of aryl methyl sites for hydroxylation is 1. The third-order valence-electron chi connectivity index (χ3n) is 3.41. The number of non-ortho nitro benzene ring substituents is 1. The molecule has 0 aliphatic rings. The lowest BCUT2D eigenvalue weighted by atomic mass is 9.82. The van der Waals surface area contributed by atoms with E-state index in [9.17, 15) is 14.9 Å². The van der Waals surface area contributed by atoms with Gasteiger partial charge in [-0.1, -0.05) is 19.1 Å². The van der Waals surface area contributed by atoms with Gasteiger partial charge in [-0.25, -0.2) is 0 Å². The molecule has 0 heterocycles. The number of aliphatic carboxylic acids is 1. The lowest BCUT2D eigenvalue weighted by molar-refractivity contribution is -0.384. The fourth-order valence-electron chi connectivity index (χ4n) is 1.64. The largest absolute Gasteiger partial charge is 0.481 e. The number of nitro groups is 1. The Kier molecular flexibility index (Phi) is 4.42. The number of benzene rings is 1. The minimum atomic E-state index is -0.799. The maximum atomic E-state index is 11.1. The summed E-state index contributed by atoms with van der Waals surface area (Å²) in [5.41, 5.74) is 0.235. The molecule has 1 unspecified atom stereocenters. The predicted molar refractivity (Wildman–Crippen MR) is 67.5 cm³/mol. The van der Waals surface area contributed by atoms with Crippen LogP contribution >= 0.6 is 0 Å². The van der Waals surface area contributed by atoms with Gasteiger partial charge in [-0.05, 0) is 31.7 Å². The van der Waals surface area contributed by atoms with Crippen LogP contribution in [0.3, 0.4) is 0 Å².